The summed E-state index contributed by atoms with van der Waals surface area (Å²) in [5, 5.41) is 0. The van der Waals surface area contributed by atoms with Crippen molar-refractivity contribution < 1.29 is 4.65 Å². The van der Waals surface area contributed by atoms with Gasteiger partial charge in [-0.2, -0.15) is 0 Å². The molecule has 0 aliphatic heterocycles. The quantitative estimate of drug-likeness (QED) is 0.320. The number of rotatable bonds is 4. The first-order valence-electron chi connectivity index (χ1n) is 3.01. The molecular formula is C8H11BO. The van der Waals surface area contributed by atoms with E-state index < -0.39 is 0 Å². The molecule has 0 spiro atoms. The van der Waals surface area contributed by atoms with Crippen LogP contribution in [0.1, 0.15) is 0 Å². The first-order valence-corrected chi connectivity index (χ1v) is 3.01. The van der Waals surface area contributed by atoms with E-state index in [-0.39, 0.29) is 0 Å². The predicted molar refractivity (Wildman–Crippen MR) is 47.2 cm³/mol. The average molecular weight is 134 g/mol. The minimum absolute atomic E-state index is 0.773. The molecule has 0 N–H and O–H groups in total. The Kier molecular flexibility index (Phi) is 5.25. The van der Waals surface area contributed by atoms with Crippen LogP contribution in [0, 0.1) is 0 Å². The molecule has 0 bridgehead atoms. The fourth-order valence-electron chi connectivity index (χ4n) is 0.471. The van der Waals surface area contributed by atoms with Crippen LogP contribution < -0.4 is 0 Å². The van der Waals surface area contributed by atoms with Crippen molar-refractivity contribution in [1.29, 1.82) is 0 Å². The summed E-state index contributed by atoms with van der Waals surface area (Å²) < 4.78 is 4.95. The fourth-order valence-corrected chi connectivity index (χ4v) is 0.471. The van der Waals surface area contributed by atoms with Gasteiger partial charge in [-0.05, 0) is 12.2 Å². The molecule has 0 aromatic rings. The lowest BCUT2D eigenvalue weighted by Gasteiger charge is -1.96. The molecule has 0 aliphatic rings. The van der Waals surface area contributed by atoms with Crippen LogP contribution in [0.4, 0.5) is 0 Å². The normalized spacial score (nSPS) is 11.4. The van der Waals surface area contributed by atoms with Crippen molar-refractivity contribution in [2.24, 2.45) is 0 Å². The number of hydrogen-bond donors (Lipinski definition) is 0. The van der Waals surface area contributed by atoms with Crippen molar-refractivity contribution in [3.8, 4) is 0 Å². The summed E-state index contributed by atoms with van der Waals surface area (Å²) in [5.41, 5.74) is 0. The Bertz CT molecular complexity index is 168. The first-order chi connectivity index (χ1) is 4.85. The summed E-state index contributed by atoms with van der Waals surface area (Å²) in [4.78, 5) is 0. The van der Waals surface area contributed by atoms with Crippen molar-refractivity contribution in [2.45, 2.75) is 0 Å². The Morgan fingerprint density at radius 1 is 1.30 bits per heavy atom. The van der Waals surface area contributed by atoms with Crippen LogP contribution in [0.2, 0.25) is 0 Å². The molecule has 0 aliphatic carbocycles. The summed E-state index contributed by atoms with van der Waals surface area (Å²) in [6, 6.07) is 0. The van der Waals surface area contributed by atoms with Gasteiger partial charge in [-0.1, -0.05) is 31.4 Å². The third-order valence-electron chi connectivity index (χ3n) is 0.914. The summed E-state index contributed by atoms with van der Waals surface area (Å²) >= 11 is 0. The third kappa shape index (κ3) is 3.78. The van der Waals surface area contributed by atoms with E-state index in [0.29, 0.717) is 0 Å². The van der Waals surface area contributed by atoms with Gasteiger partial charge in [0.15, 0.2) is 0 Å². The van der Waals surface area contributed by atoms with Gasteiger partial charge in [0, 0.05) is 0 Å². The van der Waals surface area contributed by atoms with E-state index in [9.17, 15) is 0 Å². The van der Waals surface area contributed by atoms with Crippen molar-refractivity contribution in [1.82, 2.24) is 0 Å². The molecule has 1 nitrogen and oxygen atoms in total. The van der Waals surface area contributed by atoms with E-state index >= 15 is 0 Å². The lowest BCUT2D eigenvalue weighted by molar-refractivity contribution is 0.492. The minimum atomic E-state index is 0.773. The molecule has 10 heavy (non-hydrogen) atoms. The highest BCUT2D eigenvalue weighted by Gasteiger charge is 1.81. The molecule has 0 atom stereocenters. The molecule has 0 saturated heterocycles. The first kappa shape index (κ1) is 8.82. The highest BCUT2D eigenvalue weighted by atomic mass is 16.4. The highest BCUT2D eigenvalue weighted by molar-refractivity contribution is 5.99. The molecule has 52 valence electrons. The van der Waals surface area contributed by atoms with Gasteiger partial charge in [0.25, 0.3) is 0 Å². The molecule has 0 fully saturated rings. The molecule has 0 aromatic heterocycles. The monoisotopic (exact) mass is 134 g/mol. The molecule has 0 amide bonds. The zero-order valence-corrected chi connectivity index (χ0v) is 6.21. The van der Waals surface area contributed by atoms with Crippen molar-refractivity contribution in [2.75, 3.05) is 0 Å². The van der Waals surface area contributed by atoms with E-state index in [1.807, 2.05) is 6.08 Å². The van der Waals surface area contributed by atoms with Gasteiger partial charge in [-0.25, -0.2) is 0 Å². The Morgan fingerprint density at radius 3 is 2.40 bits per heavy atom. The Labute approximate surface area is 62.8 Å². The number of allylic oxidation sites excluding steroid dienone is 5. The van der Waals surface area contributed by atoms with E-state index in [0.717, 1.165) is 5.76 Å². The van der Waals surface area contributed by atoms with Gasteiger partial charge in [-0.3, -0.25) is 0 Å². The molecule has 0 aromatic carbocycles. The smallest absolute Gasteiger partial charge is 0.322 e. The molecule has 0 radical (unpaired) electrons. The molecule has 2 heteroatoms. The van der Waals surface area contributed by atoms with E-state index in [1.165, 1.54) is 0 Å². The highest BCUT2D eigenvalue weighted by Crippen LogP contribution is 1.96. The molecule has 0 saturated carbocycles. The molecule has 0 heterocycles. The van der Waals surface area contributed by atoms with Crippen LogP contribution in [-0.2, 0) is 4.65 Å². The zero-order chi connectivity index (χ0) is 7.82. The lowest BCUT2D eigenvalue weighted by Crippen LogP contribution is -1.80. The Morgan fingerprint density at radius 2 is 2.00 bits per heavy atom. The lowest BCUT2D eigenvalue weighted by atomic mass is 10.3. The summed E-state index contributed by atoms with van der Waals surface area (Å²) in [5.74, 6) is 0.773. The van der Waals surface area contributed by atoms with E-state index in [4.69, 9.17) is 4.65 Å². The summed E-state index contributed by atoms with van der Waals surface area (Å²) in [6.07, 6.45) is 8.76. The van der Waals surface area contributed by atoms with Gasteiger partial charge in [-0.15, -0.1) is 0 Å². The van der Waals surface area contributed by atoms with Crippen LogP contribution in [0.25, 0.3) is 0 Å². The molecule has 0 unspecified atom stereocenters. The largest absolute Gasteiger partial charge is 0.568 e. The van der Waals surface area contributed by atoms with Crippen LogP contribution in [0.5, 0.6) is 0 Å². The summed E-state index contributed by atoms with van der Waals surface area (Å²) in [7, 11) is 1.61. The van der Waals surface area contributed by atoms with Crippen LogP contribution in [0.3, 0.4) is 0 Å². The van der Waals surface area contributed by atoms with Gasteiger partial charge >= 0.3 is 8.05 Å². The SMILES string of the molecule is BOC(/C=C\C=C)=C/C=C. The predicted octanol–water partition coefficient (Wildman–Crippen LogP) is 1.36. The maximum Gasteiger partial charge on any atom is 0.322 e. The Hall–Kier alpha value is -1.18. The molecule has 0 rings (SSSR count). The standard InChI is InChI=1S/C8H11BO/c1-3-5-7-8(10-9)6-4-2/h3-7H,1-2,9H2/b7-5-,8-6+. The van der Waals surface area contributed by atoms with Gasteiger partial charge in [0.2, 0.25) is 0 Å². The van der Waals surface area contributed by atoms with Gasteiger partial charge in [0.1, 0.15) is 0 Å². The second kappa shape index (κ2) is 5.95. The van der Waals surface area contributed by atoms with Crippen molar-refractivity contribution in [3.05, 3.63) is 49.3 Å². The fraction of sp³-hybridized carbons (Fsp3) is 0. The van der Waals surface area contributed by atoms with Crippen LogP contribution in [-0.4, -0.2) is 8.05 Å². The van der Waals surface area contributed by atoms with Gasteiger partial charge in [0.05, 0.1) is 5.76 Å². The topological polar surface area (TPSA) is 9.23 Å². The van der Waals surface area contributed by atoms with E-state index in [1.54, 1.807) is 32.4 Å². The van der Waals surface area contributed by atoms with E-state index in [2.05, 4.69) is 13.2 Å². The van der Waals surface area contributed by atoms with Crippen LogP contribution >= 0.6 is 0 Å². The molecular weight excluding hydrogens is 123 g/mol. The second-order valence-corrected chi connectivity index (χ2v) is 1.60. The number of hydrogen-bond acceptors (Lipinski definition) is 1. The maximum absolute atomic E-state index is 4.95. The maximum atomic E-state index is 4.95. The van der Waals surface area contributed by atoms with Crippen molar-refractivity contribution >= 4 is 8.05 Å². The van der Waals surface area contributed by atoms with Gasteiger partial charge < -0.3 is 4.65 Å². The average Bonchev–Trinajstić information content (AvgIpc) is 1.98. The van der Waals surface area contributed by atoms with Crippen molar-refractivity contribution in [3.63, 3.8) is 0 Å². The minimum Gasteiger partial charge on any atom is -0.568 e. The Balaban J connectivity index is 4.06. The zero-order valence-electron chi connectivity index (χ0n) is 6.21. The summed E-state index contributed by atoms with van der Waals surface area (Å²) in [6.45, 7) is 7.07. The van der Waals surface area contributed by atoms with Crippen LogP contribution in [0.15, 0.2) is 49.3 Å². The second-order valence-electron chi connectivity index (χ2n) is 1.60. The third-order valence-corrected chi connectivity index (χ3v) is 0.914.